The first-order valence-corrected chi connectivity index (χ1v) is 4.39. The van der Waals surface area contributed by atoms with Crippen LogP contribution in [0.4, 0.5) is 0 Å². The molecule has 1 aliphatic carbocycles. The molecule has 0 aliphatic heterocycles. The van der Waals surface area contributed by atoms with Crippen molar-refractivity contribution < 1.29 is 0 Å². The summed E-state index contributed by atoms with van der Waals surface area (Å²) >= 11 is 0. The van der Waals surface area contributed by atoms with Gasteiger partial charge in [0.1, 0.15) is 0 Å². The summed E-state index contributed by atoms with van der Waals surface area (Å²) in [7, 11) is 0. The van der Waals surface area contributed by atoms with E-state index in [0.29, 0.717) is 0 Å². The van der Waals surface area contributed by atoms with Gasteiger partial charge in [-0.25, -0.2) is 0 Å². The van der Waals surface area contributed by atoms with Crippen LogP contribution in [0.5, 0.6) is 0 Å². The van der Waals surface area contributed by atoms with Crippen molar-refractivity contribution in [1.82, 2.24) is 0 Å². The number of rotatable bonds is 2. The third-order valence-electron chi connectivity index (χ3n) is 1.91. The quantitative estimate of drug-likeness (QED) is 0.539. The molecule has 0 fully saturated rings. The molecule has 0 heterocycles. The van der Waals surface area contributed by atoms with E-state index < -0.39 is 0 Å². The van der Waals surface area contributed by atoms with Crippen molar-refractivity contribution in [1.29, 1.82) is 0 Å². The summed E-state index contributed by atoms with van der Waals surface area (Å²) in [5.41, 5.74) is 4.20. The molecule has 0 N–H and O–H groups in total. The molecule has 0 saturated heterocycles. The Balaban J connectivity index is 2.59. The van der Waals surface area contributed by atoms with Gasteiger partial charge in [-0.3, -0.25) is 0 Å². The Morgan fingerprint density at radius 1 is 1.42 bits per heavy atom. The molecule has 0 amide bonds. The van der Waals surface area contributed by atoms with Crippen LogP contribution in [0.15, 0.2) is 47.1 Å². The molecular weight excluding hydrogens is 144 g/mol. The minimum absolute atomic E-state index is 1.12. The van der Waals surface area contributed by atoms with Crippen LogP contribution < -0.4 is 0 Å². The van der Waals surface area contributed by atoms with Gasteiger partial charge in [0, 0.05) is 0 Å². The topological polar surface area (TPSA) is 0 Å². The molecule has 0 unspecified atom stereocenters. The summed E-state index contributed by atoms with van der Waals surface area (Å²) in [5.74, 6) is 0. The molecular formula is C12H16. The molecule has 0 radical (unpaired) electrons. The Kier molecular flexibility index (Phi) is 3.09. The second-order valence-corrected chi connectivity index (χ2v) is 3.32. The van der Waals surface area contributed by atoms with Gasteiger partial charge in [-0.05, 0) is 32.8 Å². The highest BCUT2D eigenvalue weighted by Crippen LogP contribution is 2.20. The molecule has 0 heteroatoms. The molecule has 1 aliphatic rings. The van der Waals surface area contributed by atoms with Gasteiger partial charge >= 0.3 is 0 Å². The van der Waals surface area contributed by atoms with E-state index in [0.717, 1.165) is 6.42 Å². The van der Waals surface area contributed by atoms with E-state index in [4.69, 9.17) is 0 Å². The summed E-state index contributed by atoms with van der Waals surface area (Å²) < 4.78 is 0. The predicted molar refractivity (Wildman–Crippen MR) is 55.0 cm³/mol. The zero-order valence-electron chi connectivity index (χ0n) is 8.09. The fourth-order valence-electron chi connectivity index (χ4n) is 1.39. The van der Waals surface area contributed by atoms with Gasteiger partial charge in [-0.2, -0.15) is 0 Å². The largest absolute Gasteiger partial charge is 0.0874 e. The highest BCUT2D eigenvalue weighted by Gasteiger charge is 2.00. The van der Waals surface area contributed by atoms with Crippen LogP contribution in [0.2, 0.25) is 0 Å². The van der Waals surface area contributed by atoms with E-state index in [1.54, 1.807) is 0 Å². The molecule has 0 atom stereocenters. The summed E-state index contributed by atoms with van der Waals surface area (Å²) in [4.78, 5) is 0. The molecule has 12 heavy (non-hydrogen) atoms. The van der Waals surface area contributed by atoms with E-state index in [9.17, 15) is 0 Å². The molecule has 64 valence electrons. The third kappa shape index (κ3) is 2.54. The molecule has 1 rings (SSSR count). The first-order chi connectivity index (χ1) is 5.72. The van der Waals surface area contributed by atoms with Crippen LogP contribution in [0.1, 0.15) is 27.2 Å². The van der Waals surface area contributed by atoms with E-state index in [-0.39, 0.29) is 0 Å². The van der Waals surface area contributed by atoms with Crippen molar-refractivity contribution in [3.8, 4) is 0 Å². The minimum Gasteiger partial charge on any atom is -0.0874 e. The van der Waals surface area contributed by atoms with Crippen LogP contribution >= 0.6 is 0 Å². The van der Waals surface area contributed by atoms with Gasteiger partial charge < -0.3 is 0 Å². The number of hydrogen-bond donors (Lipinski definition) is 0. The van der Waals surface area contributed by atoms with E-state index in [2.05, 4.69) is 44.2 Å². The summed E-state index contributed by atoms with van der Waals surface area (Å²) in [6, 6.07) is 0. The second-order valence-electron chi connectivity index (χ2n) is 3.32. The highest BCUT2D eigenvalue weighted by molar-refractivity contribution is 5.39. The normalized spacial score (nSPS) is 18.4. The zero-order chi connectivity index (χ0) is 8.97. The first kappa shape index (κ1) is 9.05. The van der Waals surface area contributed by atoms with Crippen LogP contribution in [-0.2, 0) is 0 Å². The Bertz CT molecular complexity index is 272. The SMILES string of the molecule is C/C=C\C(C)=C/C1=CC=C(C)C1. The molecule has 0 aromatic heterocycles. The van der Waals surface area contributed by atoms with E-state index in [1.807, 2.05) is 6.92 Å². The second kappa shape index (κ2) is 4.10. The maximum absolute atomic E-state index is 2.24. The van der Waals surface area contributed by atoms with Gasteiger partial charge in [0.2, 0.25) is 0 Å². The standard InChI is InChI=1S/C12H16/c1-4-5-10(2)8-12-7-6-11(3)9-12/h4-8H,9H2,1-3H3/b5-4-,10-8-. The Labute approximate surface area is 75.0 Å². The lowest BCUT2D eigenvalue weighted by Crippen LogP contribution is -1.76. The van der Waals surface area contributed by atoms with Gasteiger partial charge in [-0.1, -0.05) is 41.5 Å². The maximum Gasteiger partial charge on any atom is -0.00667 e. The monoisotopic (exact) mass is 160 g/mol. The fourth-order valence-corrected chi connectivity index (χ4v) is 1.39. The third-order valence-corrected chi connectivity index (χ3v) is 1.91. The maximum atomic E-state index is 2.24. The molecule has 0 aromatic carbocycles. The first-order valence-electron chi connectivity index (χ1n) is 4.39. The van der Waals surface area contributed by atoms with Crippen molar-refractivity contribution in [2.75, 3.05) is 0 Å². The molecule has 0 bridgehead atoms. The van der Waals surface area contributed by atoms with E-state index in [1.165, 1.54) is 16.7 Å². The smallest absolute Gasteiger partial charge is 0.00667 e. The molecule has 0 aromatic rings. The lowest BCUT2D eigenvalue weighted by Gasteiger charge is -1.96. The Morgan fingerprint density at radius 2 is 2.17 bits per heavy atom. The summed E-state index contributed by atoms with van der Waals surface area (Å²) in [5, 5.41) is 0. The van der Waals surface area contributed by atoms with Crippen molar-refractivity contribution >= 4 is 0 Å². The van der Waals surface area contributed by atoms with E-state index >= 15 is 0 Å². The predicted octanol–water partition coefficient (Wildman–Crippen LogP) is 3.79. The average Bonchev–Trinajstić information content (AvgIpc) is 2.36. The summed E-state index contributed by atoms with van der Waals surface area (Å²) in [6.45, 7) is 6.35. The average molecular weight is 160 g/mol. The van der Waals surface area contributed by atoms with Crippen molar-refractivity contribution in [2.45, 2.75) is 27.2 Å². The van der Waals surface area contributed by atoms with Gasteiger partial charge in [-0.15, -0.1) is 0 Å². The van der Waals surface area contributed by atoms with Crippen LogP contribution in [-0.4, -0.2) is 0 Å². The molecule has 0 saturated carbocycles. The van der Waals surface area contributed by atoms with Crippen LogP contribution in [0.25, 0.3) is 0 Å². The minimum atomic E-state index is 1.12. The van der Waals surface area contributed by atoms with Crippen LogP contribution in [0, 0.1) is 0 Å². The van der Waals surface area contributed by atoms with Gasteiger partial charge in [0.05, 0.1) is 0 Å². The number of hydrogen-bond acceptors (Lipinski definition) is 0. The van der Waals surface area contributed by atoms with Gasteiger partial charge in [0.15, 0.2) is 0 Å². The fraction of sp³-hybridized carbons (Fsp3) is 0.333. The van der Waals surface area contributed by atoms with Crippen molar-refractivity contribution in [3.05, 3.63) is 47.1 Å². The van der Waals surface area contributed by atoms with Crippen molar-refractivity contribution in [3.63, 3.8) is 0 Å². The van der Waals surface area contributed by atoms with Gasteiger partial charge in [0.25, 0.3) is 0 Å². The Morgan fingerprint density at radius 3 is 2.67 bits per heavy atom. The Hall–Kier alpha value is -1.04. The lowest BCUT2D eigenvalue weighted by atomic mass is 10.1. The zero-order valence-corrected chi connectivity index (χ0v) is 8.09. The molecule has 0 nitrogen and oxygen atoms in total. The summed E-state index contributed by atoms with van der Waals surface area (Å²) in [6.07, 6.45) is 12.0. The van der Waals surface area contributed by atoms with Crippen LogP contribution in [0.3, 0.4) is 0 Å². The lowest BCUT2D eigenvalue weighted by molar-refractivity contribution is 1.19. The van der Waals surface area contributed by atoms with Crippen molar-refractivity contribution in [2.24, 2.45) is 0 Å². The highest BCUT2D eigenvalue weighted by atomic mass is 14.1. The molecule has 0 spiro atoms. The number of allylic oxidation sites excluding steroid dienone is 8.